The van der Waals surface area contributed by atoms with Crippen molar-refractivity contribution in [3.63, 3.8) is 0 Å². The fourth-order valence-corrected chi connectivity index (χ4v) is 6.61. The molecule has 214 valence electrons. The Hall–Kier alpha value is -3.76. The van der Waals surface area contributed by atoms with Crippen molar-refractivity contribution >= 4 is 46.1 Å². The molecule has 10 nitrogen and oxygen atoms in total. The van der Waals surface area contributed by atoms with Crippen molar-refractivity contribution < 1.29 is 24.2 Å². The van der Waals surface area contributed by atoms with Crippen LogP contribution in [0.5, 0.6) is 11.5 Å². The van der Waals surface area contributed by atoms with E-state index in [0.29, 0.717) is 42.4 Å². The van der Waals surface area contributed by atoms with E-state index in [1.807, 2.05) is 27.7 Å². The molecule has 0 unspecified atom stereocenters. The molecule has 0 saturated carbocycles. The second-order valence-corrected chi connectivity index (χ2v) is 13.1. The van der Waals surface area contributed by atoms with Crippen LogP contribution in [0.25, 0.3) is 0 Å². The third-order valence-corrected chi connectivity index (χ3v) is 8.20. The second kappa shape index (κ2) is 9.95. The smallest absolute Gasteiger partial charge is 0.318 e. The Morgan fingerprint density at radius 3 is 1.80 bits per heavy atom. The Bertz CT molecular complexity index is 1550. The number of rotatable bonds is 5. The van der Waals surface area contributed by atoms with E-state index in [9.17, 15) is 29.8 Å². The molecule has 5 rings (SSSR count). The number of dihydropyridines is 1. The lowest BCUT2D eigenvalue weighted by atomic mass is 9.64. The predicted octanol–water partition coefficient (Wildman–Crippen LogP) is 7.58. The fraction of sp³-hybridized carbons (Fsp3) is 0.379. The van der Waals surface area contributed by atoms with Gasteiger partial charge in [-0.2, -0.15) is 0 Å². The number of ether oxygens (including phenoxy) is 1. The first-order valence-corrected chi connectivity index (χ1v) is 13.7. The lowest BCUT2D eigenvalue weighted by molar-refractivity contribution is -0.394. The number of nitrogens with zero attached hydrogens (tertiary/aromatic N) is 2. The number of nitrogens with one attached hydrogen (secondary N) is 1. The number of nitro groups is 2. The van der Waals surface area contributed by atoms with Crippen LogP contribution in [-0.4, -0.2) is 21.4 Å². The molecule has 1 N–H and O–H groups in total. The molecule has 1 aliphatic heterocycles. The van der Waals surface area contributed by atoms with Gasteiger partial charge in [-0.25, -0.2) is 0 Å². The van der Waals surface area contributed by atoms with Gasteiger partial charge in [0.1, 0.15) is 0 Å². The Morgan fingerprint density at radius 1 is 0.829 bits per heavy atom. The van der Waals surface area contributed by atoms with Gasteiger partial charge in [-0.3, -0.25) is 29.8 Å². The van der Waals surface area contributed by atoms with Gasteiger partial charge < -0.3 is 10.1 Å². The van der Waals surface area contributed by atoms with Crippen molar-refractivity contribution in [1.82, 2.24) is 5.32 Å². The molecule has 0 spiro atoms. The van der Waals surface area contributed by atoms with Gasteiger partial charge >= 0.3 is 5.69 Å². The number of carbonyl (C=O) groups excluding carboxylic acids is 2. The Morgan fingerprint density at radius 2 is 1.34 bits per heavy atom. The quantitative estimate of drug-likeness (QED) is 0.274. The monoisotopic (exact) mass is 599 g/mol. The molecule has 0 bridgehead atoms. The van der Waals surface area contributed by atoms with E-state index in [1.165, 1.54) is 0 Å². The van der Waals surface area contributed by atoms with E-state index in [-0.39, 0.29) is 43.9 Å². The summed E-state index contributed by atoms with van der Waals surface area (Å²) in [5.41, 5.74) is 1.50. The molecule has 12 heteroatoms. The first kappa shape index (κ1) is 28.8. The molecule has 1 heterocycles. The van der Waals surface area contributed by atoms with E-state index in [0.717, 1.165) is 29.6 Å². The number of benzene rings is 2. The van der Waals surface area contributed by atoms with Gasteiger partial charge in [-0.05, 0) is 47.4 Å². The zero-order valence-corrected chi connectivity index (χ0v) is 24.3. The highest BCUT2D eigenvalue weighted by atomic mass is 35.5. The molecular formula is C29H27Cl2N3O7. The summed E-state index contributed by atoms with van der Waals surface area (Å²) in [6.07, 6.45) is 1.89. The standard InChI is InChI=1S/C29H27Cl2N3O7/c1-28(2)10-18-25(21(35)12-28)24(26-19(32-18)11-29(3,4)13-22(26)36)14-7-16(30)27(17(31)8-14)41-23-6-5-15(33(37)38)9-20(23)34(39)40/h5-9,24,32H,10-13H2,1-4H3. The molecule has 2 aromatic rings. The van der Waals surface area contributed by atoms with Crippen molar-refractivity contribution in [2.24, 2.45) is 10.8 Å². The number of nitro benzene ring substituents is 2. The first-order chi connectivity index (χ1) is 19.1. The van der Waals surface area contributed by atoms with E-state index in [4.69, 9.17) is 27.9 Å². The van der Waals surface area contributed by atoms with Gasteiger partial charge in [0, 0.05) is 47.4 Å². The zero-order valence-electron chi connectivity index (χ0n) is 22.8. The number of hydrogen-bond acceptors (Lipinski definition) is 8. The minimum absolute atomic E-state index is 0.00448. The molecule has 2 aromatic carbocycles. The zero-order chi connectivity index (χ0) is 30.0. The van der Waals surface area contributed by atoms with Crippen molar-refractivity contribution in [2.45, 2.75) is 59.3 Å². The number of hydrogen-bond donors (Lipinski definition) is 1. The average molecular weight is 600 g/mol. The van der Waals surface area contributed by atoms with E-state index < -0.39 is 27.1 Å². The van der Waals surface area contributed by atoms with Gasteiger partial charge in [-0.1, -0.05) is 50.9 Å². The van der Waals surface area contributed by atoms with Crippen LogP contribution in [-0.2, 0) is 9.59 Å². The van der Waals surface area contributed by atoms with Gasteiger partial charge in [-0.15, -0.1) is 0 Å². The number of ketones is 2. The van der Waals surface area contributed by atoms with Crippen molar-refractivity contribution in [2.75, 3.05) is 0 Å². The molecule has 41 heavy (non-hydrogen) atoms. The molecule has 2 aliphatic carbocycles. The van der Waals surface area contributed by atoms with Gasteiger partial charge in [0.25, 0.3) is 5.69 Å². The summed E-state index contributed by atoms with van der Waals surface area (Å²) in [6, 6.07) is 6.05. The van der Waals surface area contributed by atoms with Gasteiger partial charge in [0.05, 0.1) is 26.0 Å². The molecule has 0 aromatic heterocycles. The summed E-state index contributed by atoms with van der Waals surface area (Å²) in [5, 5.41) is 26.1. The van der Waals surface area contributed by atoms with Crippen LogP contribution in [0.15, 0.2) is 52.9 Å². The largest absolute Gasteiger partial charge is 0.447 e. The minimum Gasteiger partial charge on any atom is -0.447 e. The lowest BCUT2D eigenvalue weighted by Gasteiger charge is -2.44. The van der Waals surface area contributed by atoms with Crippen LogP contribution < -0.4 is 10.1 Å². The summed E-state index contributed by atoms with van der Waals surface area (Å²) in [4.78, 5) is 48.3. The normalized spacial score (nSPS) is 19.9. The van der Waals surface area contributed by atoms with Gasteiger partial charge in [0.15, 0.2) is 17.3 Å². The topological polar surface area (TPSA) is 142 Å². The highest BCUT2D eigenvalue weighted by Crippen LogP contribution is 2.52. The van der Waals surface area contributed by atoms with Crippen molar-refractivity contribution in [1.29, 1.82) is 0 Å². The first-order valence-electron chi connectivity index (χ1n) is 13.0. The molecule has 0 radical (unpaired) electrons. The summed E-state index contributed by atoms with van der Waals surface area (Å²) in [7, 11) is 0. The van der Waals surface area contributed by atoms with Crippen LogP contribution >= 0.6 is 23.2 Å². The average Bonchev–Trinajstić information content (AvgIpc) is 2.83. The molecule has 0 amide bonds. The SMILES string of the molecule is CC1(C)CC(=O)C2=C(C1)NC1=C(C(=O)CC(C)(C)C1)C2c1cc(Cl)c(Oc2ccc([N+](=O)[O-])cc2[N+](=O)[O-])c(Cl)c1. The Labute approximate surface area is 245 Å². The minimum atomic E-state index is -0.804. The van der Waals surface area contributed by atoms with Crippen LogP contribution in [0.2, 0.25) is 10.0 Å². The summed E-state index contributed by atoms with van der Waals surface area (Å²) in [6.45, 7) is 8.12. The number of allylic oxidation sites excluding steroid dienone is 4. The van der Waals surface area contributed by atoms with Crippen molar-refractivity contribution in [3.05, 3.63) is 88.7 Å². The van der Waals surface area contributed by atoms with E-state index in [2.05, 4.69) is 5.32 Å². The van der Waals surface area contributed by atoms with E-state index in [1.54, 1.807) is 12.1 Å². The molecule has 0 atom stereocenters. The van der Waals surface area contributed by atoms with Crippen LogP contribution in [0.3, 0.4) is 0 Å². The molecule has 0 fully saturated rings. The van der Waals surface area contributed by atoms with Crippen LogP contribution in [0.1, 0.15) is 64.9 Å². The third-order valence-electron chi connectivity index (χ3n) is 7.64. The molecule has 3 aliphatic rings. The van der Waals surface area contributed by atoms with Gasteiger partial charge in [0.2, 0.25) is 5.75 Å². The number of carbonyl (C=O) groups is 2. The fourth-order valence-electron chi connectivity index (χ4n) is 6.02. The van der Waals surface area contributed by atoms with Crippen LogP contribution in [0, 0.1) is 31.1 Å². The number of Topliss-reactive ketones (excluding diaryl/α,β-unsaturated/α-hetero) is 2. The summed E-state index contributed by atoms with van der Waals surface area (Å²) < 4.78 is 5.72. The highest BCUT2D eigenvalue weighted by molar-refractivity contribution is 6.37. The Kier molecular flexibility index (Phi) is 6.98. The number of non-ortho nitro benzene ring substituents is 1. The third kappa shape index (κ3) is 5.34. The van der Waals surface area contributed by atoms with Crippen LogP contribution in [0.4, 0.5) is 11.4 Å². The second-order valence-electron chi connectivity index (χ2n) is 12.3. The van der Waals surface area contributed by atoms with Crippen molar-refractivity contribution in [3.8, 4) is 11.5 Å². The predicted molar refractivity (Wildman–Crippen MR) is 152 cm³/mol. The number of halogens is 2. The molecular weight excluding hydrogens is 573 g/mol. The summed E-state index contributed by atoms with van der Waals surface area (Å²) in [5.74, 6) is -1.20. The maximum Gasteiger partial charge on any atom is 0.318 e. The Balaban J connectivity index is 1.62. The highest BCUT2D eigenvalue weighted by Gasteiger charge is 2.46. The molecule has 0 saturated heterocycles. The lowest BCUT2D eigenvalue weighted by Crippen LogP contribution is -2.42. The maximum absolute atomic E-state index is 13.6. The maximum atomic E-state index is 13.6. The van der Waals surface area contributed by atoms with E-state index >= 15 is 0 Å². The summed E-state index contributed by atoms with van der Waals surface area (Å²) >= 11 is 13.3.